The topological polar surface area (TPSA) is 24.5 Å². The van der Waals surface area contributed by atoms with Gasteiger partial charge in [0.05, 0.1) is 7.11 Å². The summed E-state index contributed by atoms with van der Waals surface area (Å²) in [7, 11) is 1.74. The number of methoxy groups -OCH3 is 1. The number of rotatable bonds is 8. The van der Waals surface area contributed by atoms with Crippen molar-refractivity contribution in [1.82, 2.24) is 10.2 Å². The normalized spacial score (nSPS) is 15.8. The van der Waals surface area contributed by atoms with E-state index in [2.05, 4.69) is 22.3 Å². The van der Waals surface area contributed by atoms with Crippen molar-refractivity contribution >= 4 is 0 Å². The molecule has 1 fully saturated rings. The minimum absolute atomic E-state index is 1.00. The lowest BCUT2D eigenvalue weighted by molar-refractivity contribution is 0.331. The number of nitrogens with one attached hydrogen (secondary N) is 1. The highest BCUT2D eigenvalue weighted by Gasteiger charge is 2.09. The van der Waals surface area contributed by atoms with Gasteiger partial charge in [0.15, 0.2) is 0 Å². The largest absolute Gasteiger partial charge is 0.496 e. The summed E-state index contributed by atoms with van der Waals surface area (Å²) in [6.07, 6.45) is 5.07. The van der Waals surface area contributed by atoms with Gasteiger partial charge < -0.3 is 15.0 Å². The number of ether oxygens (including phenoxy) is 1. The summed E-state index contributed by atoms with van der Waals surface area (Å²) in [5, 5.41) is 3.53. The summed E-state index contributed by atoms with van der Waals surface area (Å²) >= 11 is 0. The van der Waals surface area contributed by atoms with Crippen molar-refractivity contribution in [3.8, 4) is 5.75 Å². The van der Waals surface area contributed by atoms with Gasteiger partial charge in [-0.05, 0) is 70.0 Å². The lowest BCUT2D eigenvalue weighted by atomic mass is 10.1. The molecule has 0 saturated carbocycles. The summed E-state index contributed by atoms with van der Waals surface area (Å²) < 4.78 is 5.36. The van der Waals surface area contributed by atoms with E-state index in [1.807, 2.05) is 12.1 Å². The van der Waals surface area contributed by atoms with Crippen LogP contribution in [0.2, 0.25) is 0 Å². The second kappa shape index (κ2) is 8.18. The molecule has 1 aromatic rings. The molecule has 19 heavy (non-hydrogen) atoms. The van der Waals surface area contributed by atoms with Crippen LogP contribution in [0, 0.1) is 0 Å². The second-order valence-corrected chi connectivity index (χ2v) is 5.21. The molecule has 1 heterocycles. The van der Waals surface area contributed by atoms with Crippen LogP contribution in [0.25, 0.3) is 0 Å². The smallest absolute Gasteiger partial charge is 0.122 e. The minimum Gasteiger partial charge on any atom is -0.496 e. The fraction of sp³-hybridized carbons (Fsp3) is 0.625. The average Bonchev–Trinajstić information content (AvgIpc) is 2.96. The van der Waals surface area contributed by atoms with Crippen LogP contribution in [-0.4, -0.2) is 44.7 Å². The standard InChI is InChI=1S/C16H26N2O/c1-19-16-8-3-2-7-15(16)9-11-17-10-6-14-18-12-4-5-13-18/h2-3,7-8,17H,4-6,9-14H2,1H3. The average molecular weight is 262 g/mol. The van der Waals surface area contributed by atoms with Crippen LogP contribution in [0.3, 0.4) is 0 Å². The van der Waals surface area contributed by atoms with Gasteiger partial charge in [-0.15, -0.1) is 0 Å². The molecule has 1 aliphatic heterocycles. The molecule has 2 rings (SSSR count). The summed E-state index contributed by atoms with van der Waals surface area (Å²) in [6.45, 7) is 6.01. The van der Waals surface area contributed by atoms with Crippen molar-refractivity contribution in [2.75, 3.05) is 39.8 Å². The fourth-order valence-corrected chi connectivity index (χ4v) is 2.69. The molecule has 0 aromatic heterocycles. The Morgan fingerprint density at radius 2 is 1.95 bits per heavy atom. The monoisotopic (exact) mass is 262 g/mol. The second-order valence-electron chi connectivity index (χ2n) is 5.21. The minimum atomic E-state index is 1.00. The maximum absolute atomic E-state index is 5.36. The molecule has 0 atom stereocenters. The number of hydrogen-bond acceptors (Lipinski definition) is 3. The highest BCUT2D eigenvalue weighted by Crippen LogP contribution is 2.17. The first kappa shape index (κ1) is 14.4. The molecule has 0 bridgehead atoms. The first-order valence-electron chi connectivity index (χ1n) is 7.45. The van der Waals surface area contributed by atoms with E-state index in [4.69, 9.17) is 4.74 Å². The van der Waals surface area contributed by atoms with Gasteiger partial charge in [0.1, 0.15) is 5.75 Å². The molecule has 0 amide bonds. The van der Waals surface area contributed by atoms with Gasteiger partial charge in [-0.2, -0.15) is 0 Å². The molecule has 3 heteroatoms. The van der Waals surface area contributed by atoms with Gasteiger partial charge in [-0.3, -0.25) is 0 Å². The Morgan fingerprint density at radius 1 is 1.16 bits per heavy atom. The van der Waals surface area contributed by atoms with Crippen molar-refractivity contribution in [3.63, 3.8) is 0 Å². The molecule has 1 saturated heterocycles. The molecule has 1 aromatic carbocycles. The van der Waals surface area contributed by atoms with Gasteiger partial charge in [0.25, 0.3) is 0 Å². The van der Waals surface area contributed by atoms with E-state index in [0.29, 0.717) is 0 Å². The third kappa shape index (κ3) is 4.84. The van der Waals surface area contributed by atoms with Gasteiger partial charge >= 0.3 is 0 Å². The quantitative estimate of drug-likeness (QED) is 0.728. The summed E-state index contributed by atoms with van der Waals surface area (Å²) in [6, 6.07) is 8.27. The Bertz CT molecular complexity index is 362. The van der Waals surface area contributed by atoms with Crippen molar-refractivity contribution in [2.24, 2.45) is 0 Å². The van der Waals surface area contributed by atoms with Crippen molar-refractivity contribution in [3.05, 3.63) is 29.8 Å². The predicted octanol–water partition coefficient (Wildman–Crippen LogP) is 2.31. The van der Waals surface area contributed by atoms with E-state index < -0.39 is 0 Å². The maximum atomic E-state index is 5.36. The molecule has 0 spiro atoms. The Labute approximate surface area is 116 Å². The van der Waals surface area contributed by atoms with Crippen LogP contribution in [0.15, 0.2) is 24.3 Å². The first-order valence-corrected chi connectivity index (χ1v) is 7.45. The van der Waals surface area contributed by atoms with Gasteiger partial charge in [-0.1, -0.05) is 18.2 Å². The summed E-state index contributed by atoms with van der Waals surface area (Å²) in [4.78, 5) is 2.57. The van der Waals surface area contributed by atoms with Crippen LogP contribution in [0.1, 0.15) is 24.8 Å². The van der Waals surface area contributed by atoms with Crippen LogP contribution in [0.4, 0.5) is 0 Å². The van der Waals surface area contributed by atoms with Crippen molar-refractivity contribution < 1.29 is 4.74 Å². The molecule has 3 nitrogen and oxygen atoms in total. The zero-order valence-corrected chi connectivity index (χ0v) is 12.0. The van der Waals surface area contributed by atoms with E-state index in [0.717, 1.165) is 25.3 Å². The number of hydrogen-bond donors (Lipinski definition) is 1. The summed E-state index contributed by atoms with van der Waals surface area (Å²) in [5.74, 6) is 1.00. The zero-order valence-electron chi connectivity index (χ0n) is 12.0. The predicted molar refractivity (Wildman–Crippen MR) is 79.9 cm³/mol. The SMILES string of the molecule is COc1ccccc1CCNCCCN1CCCC1. The molecular weight excluding hydrogens is 236 g/mol. The van der Waals surface area contributed by atoms with E-state index in [-0.39, 0.29) is 0 Å². The number of benzene rings is 1. The van der Waals surface area contributed by atoms with Crippen LogP contribution in [0.5, 0.6) is 5.75 Å². The van der Waals surface area contributed by atoms with Crippen LogP contribution >= 0.6 is 0 Å². The first-order chi connectivity index (χ1) is 9.40. The van der Waals surface area contributed by atoms with E-state index in [1.165, 1.54) is 44.5 Å². The molecule has 0 unspecified atom stereocenters. The molecule has 0 radical (unpaired) electrons. The fourth-order valence-electron chi connectivity index (χ4n) is 2.69. The van der Waals surface area contributed by atoms with Gasteiger partial charge in [0.2, 0.25) is 0 Å². The van der Waals surface area contributed by atoms with Gasteiger partial charge in [0, 0.05) is 0 Å². The Balaban J connectivity index is 1.56. The Kier molecular flexibility index (Phi) is 6.18. The molecule has 0 aliphatic carbocycles. The van der Waals surface area contributed by atoms with E-state index in [9.17, 15) is 0 Å². The number of likely N-dealkylation sites (tertiary alicyclic amines) is 1. The lowest BCUT2D eigenvalue weighted by Crippen LogP contribution is -2.25. The van der Waals surface area contributed by atoms with E-state index in [1.54, 1.807) is 7.11 Å². The van der Waals surface area contributed by atoms with Crippen LogP contribution in [-0.2, 0) is 6.42 Å². The highest BCUT2D eigenvalue weighted by molar-refractivity contribution is 5.33. The molecular formula is C16H26N2O. The maximum Gasteiger partial charge on any atom is 0.122 e. The lowest BCUT2D eigenvalue weighted by Gasteiger charge is -2.14. The van der Waals surface area contributed by atoms with E-state index >= 15 is 0 Å². The van der Waals surface area contributed by atoms with Crippen molar-refractivity contribution in [2.45, 2.75) is 25.7 Å². The molecule has 106 valence electrons. The Morgan fingerprint density at radius 3 is 2.74 bits per heavy atom. The number of para-hydroxylation sites is 1. The molecule has 1 N–H and O–H groups in total. The third-order valence-corrected chi connectivity index (χ3v) is 3.79. The Hall–Kier alpha value is -1.06. The molecule has 1 aliphatic rings. The zero-order chi connectivity index (χ0) is 13.3. The van der Waals surface area contributed by atoms with Crippen molar-refractivity contribution in [1.29, 1.82) is 0 Å². The number of nitrogens with zero attached hydrogens (tertiary/aromatic N) is 1. The van der Waals surface area contributed by atoms with Crippen LogP contribution < -0.4 is 10.1 Å². The third-order valence-electron chi connectivity index (χ3n) is 3.79. The van der Waals surface area contributed by atoms with Gasteiger partial charge in [-0.25, -0.2) is 0 Å². The summed E-state index contributed by atoms with van der Waals surface area (Å²) in [5.41, 5.74) is 1.29. The highest BCUT2D eigenvalue weighted by atomic mass is 16.5.